The molecule has 7 rings (SSSR count). The Hall–Kier alpha value is -2.74. The Labute approximate surface area is 214 Å². The smallest absolute Gasteiger partial charge is 0.175 e. The van der Waals surface area contributed by atoms with Crippen molar-refractivity contribution in [3.05, 3.63) is 72.8 Å². The maximum atomic E-state index is 7.28. The fourth-order valence-electron chi connectivity index (χ4n) is 7.52. The molecule has 2 saturated carbocycles. The molecular weight excluding hydrogens is 459 g/mol. The van der Waals surface area contributed by atoms with Gasteiger partial charge in [0.2, 0.25) is 0 Å². The molecule has 36 heavy (non-hydrogen) atoms. The molecule has 0 radical (unpaired) electrons. The Kier molecular flexibility index (Phi) is 4.76. The van der Waals surface area contributed by atoms with E-state index in [1.54, 1.807) is 0 Å². The number of fused-ring (bicyclic) bond motifs is 9. The van der Waals surface area contributed by atoms with E-state index in [9.17, 15) is 0 Å². The molecule has 0 spiro atoms. The van der Waals surface area contributed by atoms with Crippen molar-refractivity contribution < 1.29 is 4.52 Å². The summed E-state index contributed by atoms with van der Waals surface area (Å²) in [6.45, 7) is 7.44. The maximum absolute atomic E-state index is 7.28. The monoisotopic (exact) mass is 494 g/mol. The van der Waals surface area contributed by atoms with Crippen LogP contribution in [0.5, 0.6) is 0 Å². The molecule has 4 heteroatoms. The first-order valence-corrected chi connectivity index (χ1v) is 14.5. The summed E-state index contributed by atoms with van der Waals surface area (Å²) in [4.78, 5) is 0. The zero-order chi connectivity index (χ0) is 24.8. The van der Waals surface area contributed by atoms with Crippen molar-refractivity contribution in [2.75, 3.05) is 0 Å². The number of hydrogen-bond donors (Lipinski definition) is 0. The maximum Gasteiger partial charge on any atom is 0.175 e. The lowest BCUT2D eigenvalue weighted by molar-refractivity contribution is 0.0583. The predicted octanol–water partition coefficient (Wildman–Crippen LogP) is 8.73. The summed E-state index contributed by atoms with van der Waals surface area (Å²) in [5.74, 6) is 0.762. The zero-order valence-corrected chi connectivity index (χ0v) is 22.8. The van der Waals surface area contributed by atoms with Crippen LogP contribution in [0.4, 0.5) is 0 Å². The van der Waals surface area contributed by atoms with Crippen molar-refractivity contribution in [2.45, 2.75) is 46.1 Å². The molecule has 2 aliphatic rings. The van der Waals surface area contributed by atoms with Crippen molar-refractivity contribution in [1.29, 1.82) is 0 Å². The second-order valence-corrected chi connectivity index (χ2v) is 13.8. The highest BCUT2D eigenvalue weighted by atomic mass is 31.1. The molecule has 3 nitrogen and oxygen atoms in total. The molecule has 184 valence electrons. The molecule has 0 aliphatic heterocycles. The van der Waals surface area contributed by atoms with Crippen LogP contribution in [0.25, 0.3) is 43.4 Å². The van der Waals surface area contributed by atoms with Crippen LogP contribution in [0.1, 0.15) is 40.0 Å². The fourth-order valence-corrected chi connectivity index (χ4v) is 9.45. The van der Waals surface area contributed by atoms with Crippen LogP contribution in [0.3, 0.4) is 0 Å². The van der Waals surface area contributed by atoms with E-state index >= 15 is 0 Å². The van der Waals surface area contributed by atoms with Crippen molar-refractivity contribution in [2.24, 2.45) is 30.8 Å². The number of benzene rings is 4. The molecule has 1 aromatic heterocycles. The van der Waals surface area contributed by atoms with Gasteiger partial charge in [-0.15, -0.1) is 0 Å². The first-order valence-electron chi connectivity index (χ1n) is 13.3. The van der Waals surface area contributed by atoms with Gasteiger partial charge in [0, 0.05) is 30.3 Å². The summed E-state index contributed by atoms with van der Waals surface area (Å²) >= 11 is 0. The molecule has 5 aromatic rings. The van der Waals surface area contributed by atoms with Crippen LogP contribution in [0, 0.1) is 16.7 Å². The highest BCUT2D eigenvalue weighted by Crippen LogP contribution is 2.66. The van der Waals surface area contributed by atoms with Crippen LogP contribution in [0.15, 0.2) is 72.8 Å². The summed E-state index contributed by atoms with van der Waals surface area (Å²) in [5.41, 5.74) is 3.08. The van der Waals surface area contributed by atoms with Gasteiger partial charge in [-0.1, -0.05) is 81.4 Å². The Balaban J connectivity index is 1.61. The Morgan fingerprint density at radius 3 is 1.75 bits per heavy atom. The highest BCUT2D eigenvalue weighted by molar-refractivity contribution is 7.37. The number of hydrogen-bond acceptors (Lipinski definition) is 1. The lowest BCUT2D eigenvalue weighted by Crippen LogP contribution is -2.39. The van der Waals surface area contributed by atoms with E-state index in [1.165, 1.54) is 62.6 Å². The van der Waals surface area contributed by atoms with Gasteiger partial charge in [-0.05, 0) is 64.3 Å². The van der Waals surface area contributed by atoms with Crippen molar-refractivity contribution in [3.63, 3.8) is 0 Å². The molecular formula is C32H35N2OP. The second-order valence-electron chi connectivity index (χ2n) is 11.9. The van der Waals surface area contributed by atoms with E-state index < -0.39 is 8.08 Å². The third-order valence-electron chi connectivity index (χ3n) is 10.2. The van der Waals surface area contributed by atoms with E-state index in [0.29, 0.717) is 5.41 Å². The SMILES string of the molecule is Cn1c2ccc3ccccc3c2c2c3ccccc3ccc2n(C)p1OC1CC2CCC1(C)C2(C)C. The fraction of sp³-hybridized carbons (Fsp3) is 0.375. The normalized spacial score (nSPS) is 24.9. The van der Waals surface area contributed by atoms with Gasteiger partial charge in [-0.3, -0.25) is 8.66 Å². The number of aromatic nitrogens is 2. The number of rotatable bonds is 2. The van der Waals surface area contributed by atoms with Gasteiger partial charge in [0.25, 0.3) is 0 Å². The first-order chi connectivity index (χ1) is 17.3. The molecule has 0 saturated heterocycles. The average molecular weight is 495 g/mol. The molecule has 2 bridgehead atoms. The van der Waals surface area contributed by atoms with Crippen molar-refractivity contribution in [1.82, 2.24) is 8.66 Å². The van der Waals surface area contributed by atoms with Gasteiger partial charge in [0.1, 0.15) is 0 Å². The molecule has 3 atom stereocenters. The second kappa shape index (κ2) is 7.63. The molecule has 2 fully saturated rings. The van der Waals surface area contributed by atoms with Gasteiger partial charge >= 0.3 is 0 Å². The molecule has 3 unspecified atom stereocenters. The van der Waals surface area contributed by atoms with Gasteiger partial charge in [-0.2, -0.15) is 0 Å². The minimum atomic E-state index is -1.03. The summed E-state index contributed by atoms with van der Waals surface area (Å²) in [6, 6.07) is 26.8. The van der Waals surface area contributed by atoms with Gasteiger partial charge in [0.05, 0.1) is 17.1 Å². The largest absolute Gasteiger partial charge is 0.301 e. The van der Waals surface area contributed by atoms with E-state index in [0.717, 1.165) is 5.92 Å². The van der Waals surface area contributed by atoms with Crippen molar-refractivity contribution in [3.8, 4) is 0 Å². The predicted molar refractivity (Wildman–Crippen MR) is 154 cm³/mol. The third kappa shape index (κ3) is 2.85. The number of nitrogens with zero attached hydrogens (tertiary/aromatic N) is 2. The van der Waals surface area contributed by atoms with Crippen LogP contribution >= 0.6 is 8.08 Å². The lowest BCUT2D eigenvalue weighted by Gasteiger charge is -2.39. The summed E-state index contributed by atoms with van der Waals surface area (Å²) < 4.78 is 12.2. The standard InChI is InChI=1S/C32H35N2OP/c1-31(2)23-18-19-32(31,3)28(20-23)35-36-33(4)26-16-14-21-10-6-8-12-24(21)29(26)30-25-13-9-7-11-22(25)15-17-27(30)34(36)5/h6-17,23,28H,18-20H2,1-5H3. The average Bonchev–Trinajstić information content (AvgIpc) is 3.19. The zero-order valence-electron chi connectivity index (χ0n) is 22.0. The first kappa shape index (κ1) is 22.5. The molecule has 1 heterocycles. The summed E-state index contributed by atoms with van der Waals surface area (Å²) in [7, 11) is 3.45. The molecule has 0 amide bonds. The molecule has 2 aliphatic carbocycles. The Bertz CT molecular complexity index is 1630. The molecule has 0 N–H and O–H groups in total. The Morgan fingerprint density at radius 1 is 0.750 bits per heavy atom. The summed E-state index contributed by atoms with van der Waals surface area (Å²) in [5, 5.41) is 7.81. The number of aryl methyl sites for hydroxylation is 2. The molecule has 4 aromatic carbocycles. The van der Waals surface area contributed by atoms with E-state index in [1.807, 2.05) is 0 Å². The Morgan fingerprint density at radius 2 is 1.28 bits per heavy atom. The van der Waals surface area contributed by atoms with Crippen LogP contribution in [0.2, 0.25) is 0 Å². The summed E-state index contributed by atoms with van der Waals surface area (Å²) in [6.07, 6.45) is 4.08. The van der Waals surface area contributed by atoms with Crippen LogP contribution in [-0.2, 0) is 14.1 Å². The quantitative estimate of drug-likeness (QED) is 0.240. The third-order valence-corrected chi connectivity index (χ3v) is 12.1. The van der Waals surface area contributed by atoms with E-state index in [4.69, 9.17) is 4.52 Å². The van der Waals surface area contributed by atoms with Crippen LogP contribution < -0.4 is 4.52 Å². The minimum Gasteiger partial charge on any atom is -0.301 e. The van der Waals surface area contributed by atoms with Crippen molar-refractivity contribution >= 4 is 51.4 Å². The van der Waals surface area contributed by atoms with Gasteiger partial charge in [0.15, 0.2) is 8.08 Å². The van der Waals surface area contributed by atoms with E-state index in [2.05, 4.69) is 116 Å². The van der Waals surface area contributed by atoms with Gasteiger partial charge < -0.3 is 4.52 Å². The lowest BCUT2D eigenvalue weighted by atomic mass is 9.70. The topological polar surface area (TPSA) is 19.1 Å². The highest BCUT2D eigenvalue weighted by Gasteiger charge is 2.62. The van der Waals surface area contributed by atoms with Crippen LogP contribution in [-0.4, -0.2) is 14.8 Å². The minimum absolute atomic E-state index is 0.229. The van der Waals surface area contributed by atoms with Gasteiger partial charge in [-0.25, -0.2) is 0 Å². The van der Waals surface area contributed by atoms with E-state index in [-0.39, 0.29) is 11.5 Å².